The van der Waals surface area contributed by atoms with E-state index in [0.29, 0.717) is 12.1 Å². The van der Waals surface area contributed by atoms with Crippen LogP contribution in [-0.2, 0) is 16.0 Å². The van der Waals surface area contributed by atoms with Crippen molar-refractivity contribution in [2.75, 3.05) is 6.61 Å². The van der Waals surface area contributed by atoms with E-state index < -0.39 is 18.3 Å². The average molecular weight is 361 g/mol. The first-order valence-corrected chi connectivity index (χ1v) is 8.39. The molecule has 0 aliphatic heterocycles. The van der Waals surface area contributed by atoms with Crippen LogP contribution in [0.3, 0.4) is 0 Å². The fraction of sp³-hybridized carbons (Fsp3) is 0.471. The van der Waals surface area contributed by atoms with Gasteiger partial charge in [0.15, 0.2) is 0 Å². The Hall–Kier alpha value is -2.97. The van der Waals surface area contributed by atoms with Gasteiger partial charge in [-0.1, -0.05) is 22.8 Å². The highest BCUT2D eigenvalue weighted by Gasteiger charge is 2.17. The molecule has 1 amide bonds. The Labute approximate surface area is 151 Å². The molecule has 9 heteroatoms. The molecule has 2 aromatic rings. The first kappa shape index (κ1) is 19.4. The summed E-state index contributed by atoms with van der Waals surface area (Å²) in [6.07, 6.45) is -1.57. The number of aryl methyl sites for hydroxylation is 2. The first-order valence-electron chi connectivity index (χ1n) is 8.39. The van der Waals surface area contributed by atoms with E-state index in [9.17, 15) is 9.59 Å². The summed E-state index contributed by atoms with van der Waals surface area (Å²) in [5.41, 5.74) is 2.55. The van der Waals surface area contributed by atoms with Crippen LogP contribution >= 0.6 is 0 Å². The molecule has 140 valence electrons. The summed E-state index contributed by atoms with van der Waals surface area (Å²) in [6, 6.07) is 5.52. The van der Waals surface area contributed by atoms with E-state index in [1.165, 1.54) is 4.80 Å². The Morgan fingerprint density at radius 3 is 2.62 bits per heavy atom. The SMILES string of the molecule is CCOC(=O)OC(C)n1nnc(=NC(=O)c2ccc(C)cc2C)n1CC. The van der Waals surface area contributed by atoms with Crippen LogP contribution in [0.2, 0.25) is 0 Å². The molecule has 2 rings (SSSR count). The molecule has 0 spiro atoms. The Kier molecular flexibility index (Phi) is 6.26. The number of hydrogen-bond acceptors (Lipinski definition) is 6. The maximum Gasteiger partial charge on any atom is 0.510 e. The first-order chi connectivity index (χ1) is 12.4. The fourth-order valence-electron chi connectivity index (χ4n) is 2.46. The molecule has 26 heavy (non-hydrogen) atoms. The van der Waals surface area contributed by atoms with E-state index in [4.69, 9.17) is 9.47 Å². The van der Waals surface area contributed by atoms with Gasteiger partial charge in [-0.05, 0) is 51.5 Å². The summed E-state index contributed by atoms with van der Waals surface area (Å²) in [5.74, 6) is -0.407. The van der Waals surface area contributed by atoms with Crippen molar-refractivity contribution in [1.82, 2.24) is 19.8 Å². The predicted octanol–water partition coefficient (Wildman–Crippen LogP) is 2.15. The highest BCUT2D eigenvalue weighted by atomic mass is 16.7. The summed E-state index contributed by atoms with van der Waals surface area (Å²) < 4.78 is 11.4. The second-order valence-corrected chi connectivity index (χ2v) is 5.66. The van der Waals surface area contributed by atoms with Crippen molar-refractivity contribution in [2.45, 2.75) is 47.4 Å². The lowest BCUT2D eigenvalue weighted by Gasteiger charge is -2.15. The second kappa shape index (κ2) is 8.41. The molecule has 0 saturated carbocycles. The molecule has 0 N–H and O–H groups in total. The third-order valence-electron chi connectivity index (χ3n) is 3.67. The summed E-state index contributed by atoms with van der Waals surface area (Å²) >= 11 is 0. The molecule has 0 bridgehead atoms. The minimum Gasteiger partial charge on any atom is -0.435 e. The van der Waals surface area contributed by atoms with Crippen molar-refractivity contribution in [2.24, 2.45) is 4.99 Å². The Morgan fingerprint density at radius 1 is 1.27 bits per heavy atom. The van der Waals surface area contributed by atoms with Crippen LogP contribution in [0, 0.1) is 13.8 Å². The van der Waals surface area contributed by atoms with Crippen LogP contribution in [0.25, 0.3) is 0 Å². The molecule has 0 radical (unpaired) electrons. The molecular formula is C17H23N5O4. The van der Waals surface area contributed by atoms with Crippen LogP contribution in [0.1, 0.15) is 48.5 Å². The van der Waals surface area contributed by atoms with Gasteiger partial charge in [0.2, 0.25) is 6.23 Å². The van der Waals surface area contributed by atoms with Gasteiger partial charge in [-0.25, -0.2) is 9.48 Å². The number of amides is 1. The van der Waals surface area contributed by atoms with Crippen LogP contribution < -0.4 is 5.62 Å². The van der Waals surface area contributed by atoms with Gasteiger partial charge in [-0.3, -0.25) is 4.79 Å². The fourth-order valence-corrected chi connectivity index (χ4v) is 2.46. The smallest absolute Gasteiger partial charge is 0.435 e. The molecule has 1 heterocycles. The molecule has 0 aliphatic rings. The van der Waals surface area contributed by atoms with Crippen molar-refractivity contribution < 1.29 is 19.1 Å². The van der Waals surface area contributed by atoms with Crippen molar-refractivity contribution >= 4 is 12.1 Å². The largest absolute Gasteiger partial charge is 0.510 e. The normalized spacial score (nSPS) is 12.7. The Morgan fingerprint density at radius 2 is 2.00 bits per heavy atom. The Bertz CT molecular complexity index is 868. The number of nitrogens with zero attached hydrogens (tertiary/aromatic N) is 5. The topological polar surface area (TPSA) is 101 Å². The van der Waals surface area contributed by atoms with Gasteiger partial charge in [-0.2, -0.15) is 4.99 Å². The van der Waals surface area contributed by atoms with Gasteiger partial charge in [0.05, 0.1) is 6.61 Å². The third-order valence-corrected chi connectivity index (χ3v) is 3.67. The molecule has 9 nitrogen and oxygen atoms in total. The van der Waals surface area contributed by atoms with Crippen molar-refractivity contribution in [3.63, 3.8) is 0 Å². The molecular weight excluding hydrogens is 338 g/mol. The van der Waals surface area contributed by atoms with Crippen molar-refractivity contribution in [3.05, 3.63) is 40.5 Å². The second-order valence-electron chi connectivity index (χ2n) is 5.66. The van der Waals surface area contributed by atoms with E-state index in [0.717, 1.165) is 11.1 Å². The maximum absolute atomic E-state index is 12.5. The highest BCUT2D eigenvalue weighted by Crippen LogP contribution is 2.11. The monoisotopic (exact) mass is 361 g/mol. The maximum atomic E-state index is 12.5. The highest BCUT2D eigenvalue weighted by molar-refractivity contribution is 5.96. The van der Waals surface area contributed by atoms with Crippen molar-refractivity contribution in [3.8, 4) is 0 Å². The number of hydrogen-bond donors (Lipinski definition) is 0. The number of carbonyl (C=O) groups is 2. The lowest BCUT2D eigenvalue weighted by molar-refractivity contribution is -0.0115. The number of ether oxygens (including phenoxy) is 2. The van der Waals surface area contributed by atoms with E-state index in [-0.39, 0.29) is 12.2 Å². The molecule has 0 aliphatic carbocycles. The summed E-state index contributed by atoms with van der Waals surface area (Å²) in [6.45, 7) is 9.61. The molecule has 1 unspecified atom stereocenters. The van der Waals surface area contributed by atoms with Gasteiger partial charge in [-0.15, -0.1) is 4.80 Å². The van der Waals surface area contributed by atoms with E-state index in [1.54, 1.807) is 24.6 Å². The van der Waals surface area contributed by atoms with Gasteiger partial charge in [0, 0.05) is 12.1 Å². The molecule has 1 aromatic heterocycles. The zero-order valence-electron chi connectivity index (χ0n) is 15.6. The van der Waals surface area contributed by atoms with E-state index in [2.05, 4.69) is 15.3 Å². The van der Waals surface area contributed by atoms with Crippen LogP contribution in [0.15, 0.2) is 23.2 Å². The van der Waals surface area contributed by atoms with Gasteiger partial charge in [0.1, 0.15) is 0 Å². The minimum absolute atomic E-state index is 0.136. The van der Waals surface area contributed by atoms with Crippen LogP contribution in [-0.4, -0.2) is 38.5 Å². The number of tetrazole rings is 1. The average Bonchev–Trinajstić information content (AvgIpc) is 2.97. The van der Waals surface area contributed by atoms with E-state index in [1.807, 2.05) is 32.9 Å². The van der Waals surface area contributed by atoms with Crippen LogP contribution in [0.5, 0.6) is 0 Å². The Balaban J connectivity index is 2.32. The molecule has 1 atom stereocenters. The predicted molar refractivity (Wildman–Crippen MR) is 92.3 cm³/mol. The number of benzene rings is 1. The summed E-state index contributed by atoms with van der Waals surface area (Å²) in [4.78, 5) is 29.4. The zero-order chi connectivity index (χ0) is 19.3. The number of rotatable bonds is 5. The molecule has 1 aromatic carbocycles. The van der Waals surface area contributed by atoms with Crippen molar-refractivity contribution in [1.29, 1.82) is 0 Å². The quantitative estimate of drug-likeness (QED) is 0.757. The van der Waals surface area contributed by atoms with Gasteiger partial charge >= 0.3 is 6.16 Å². The summed E-state index contributed by atoms with van der Waals surface area (Å²) in [5, 5.41) is 7.86. The van der Waals surface area contributed by atoms with E-state index >= 15 is 0 Å². The number of aromatic nitrogens is 4. The third kappa shape index (κ3) is 4.35. The van der Waals surface area contributed by atoms with Gasteiger partial charge < -0.3 is 9.47 Å². The lowest BCUT2D eigenvalue weighted by atomic mass is 10.1. The summed E-state index contributed by atoms with van der Waals surface area (Å²) in [7, 11) is 0. The van der Waals surface area contributed by atoms with Gasteiger partial charge in [0.25, 0.3) is 11.5 Å². The lowest BCUT2D eigenvalue weighted by Crippen LogP contribution is -2.29. The van der Waals surface area contributed by atoms with Crippen LogP contribution in [0.4, 0.5) is 4.79 Å². The molecule has 0 saturated heterocycles. The standard InChI is InChI=1S/C17H23N5O4/c1-6-21-16(18-15(23)14-9-8-11(3)10-12(14)4)19-20-22(21)13(5)26-17(24)25-7-2/h8-10,13H,6-7H2,1-5H3. The molecule has 0 fully saturated rings. The minimum atomic E-state index is -0.803. The zero-order valence-corrected chi connectivity index (χ0v) is 15.6. The number of carbonyl (C=O) groups excluding carboxylic acids is 2.